The summed E-state index contributed by atoms with van der Waals surface area (Å²) >= 11 is 0. The van der Waals surface area contributed by atoms with Gasteiger partial charge in [-0.15, -0.1) is 0 Å². The van der Waals surface area contributed by atoms with Crippen LogP contribution in [0.4, 0.5) is 0 Å². The third-order valence-electron chi connectivity index (χ3n) is 4.36. The normalized spacial score (nSPS) is 52.7. The molecule has 2 bridgehead atoms. The molecule has 3 atom stereocenters. The number of hydrogen-bond donors (Lipinski definition) is 0. The Balaban J connectivity index is 2.07. The standard InChI is InChI=1S/C9H15NO2S/c1-10-8-4-7-2-3-9(8,5-7)6-13(10,11)12/h7-8H,2-6H2,1H3. The van der Waals surface area contributed by atoms with Gasteiger partial charge < -0.3 is 0 Å². The van der Waals surface area contributed by atoms with Crippen LogP contribution in [0.3, 0.4) is 0 Å². The van der Waals surface area contributed by atoms with Crippen LogP contribution >= 0.6 is 0 Å². The van der Waals surface area contributed by atoms with E-state index in [1.54, 1.807) is 11.4 Å². The highest BCUT2D eigenvalue weighted by atomic mass is 32.2. The molecule has 1 aliphatic heterocycles. The van der Waals surface area contributed by atoms with E-state index in [1.165, 1.54) is 12.8 Å². The van der Waals surface area contributed by atoms with E-state index < -0.39 is 10.0 Å². The van der Waals surface area contributed by atoms with E-state index in [9.17, 15) is 8.42 Å². The molecule has 3 rings (SSSR count). The second-order valence-corrected chi connectivity index (χ2v) is 7.02. The first kappa shape index (κ1) is 8.24. The molecule has 0 N–H and O–H groups in total. The van der Waals surface area contributed by atoms with Gasteiger partial charge in [0.15, 0.2) is 0 Å². The van der Waals surface area contributed by atoms with Crippen molar-refractivity contribution >= 4 is 10.0 Å². The number of sulfonamides is 1. The second kappa shape index (κ2) is 2.11. The van der Waals surface area contributed by atoms with E-state index in [-0.39, 0.29) is 5.41 Å². The molecule has 3 unspecified atom stereocenters. The molecule has 3 fully saturated rings. The summed E-state index contributed by atoms with van der Waals surface area (Å²) < 4.78 is 25.0. The summed E-state index contributed by atoms with van der Waals surface area (Å²) in [4.78, 5) is 0. The minimum atomic E-state index is -2.89. The fourth-order valence-electron chi connectivity index (χ4n) is 3.76. The summed E-state index contributed by atoms with van der Waals surface area (Å²) in [6.07, 6.45) is 4.70. The number of fused-ring (bicyclic) bond motifs is 1. The van der Waals surface area contributed by atoms with Crippen LogP contribution in [0.2, 0.25) is 0 Å². The molecule has 1 spiro atoms. The van der Waals surface area contributed by atoms with Crippen LogP contribution in [-0.4, -0.2) is 31.6 Å². The van der Waals surface area contributed by atoms with Crippen LogP contribution in [0.25, 0.3) is 0 Å². The molecule has 0 amide bonds. The number of hydrogen-bond acceptors (Lipinski definition) is 2. The van der Waals surface area contributed by atoms with Gasteiger partial charge in [0.1, 0.15) is 0 Å². The van der Waals surface area contributed by atoms with Gasteiger partial charge in [-0.05, 0) is 31.6 Å². The van der Waals surface area contributed by atoms with Crippen molar-refractivity contribution in [1.82, 2.24) is 4.31 Å². The first-order chi connectivity index (χ1) is 6.04. The number of rotatable bonds is 0. The topological polar surface area (TPSA) is 37.4 Å². The molecular formula is C9H15NO2S. The third kappa shape index (κ3) is 0.859. The molecule has 1 saturated heterocycles. The zero-order valence-corrected chi connectivity index (χ0v) is 8.68. The lowest BCUT2D eigenvalue weighted by atomic mass is 9.82. The molecule has 74 valence electrons. The van der Waals surface area contributed by atoms with Gasteiger partial charge in [-0.25, -0.2) is 12.7 Å². The van der Waals surface area contributed by atoms with Gasteiger partial charge in [-0.1, -0.05) is 0 Å². The van der Waals surface area contributed by atoms with Crippen LogP contribution in [0.5, 0.6) is 0 Å². The average molecular weight is 201 g/mol. The summed E-state index contributed by atoms with van der Waals surface area (Å²) in [5.74, 6) is 1.25. The summed E-state index contributed by atoms with van der Waals surface area (Å²) in [6.45, 7) is 0. The second-order valence-electron chi connectivity index (χ2n) is 5.00. The van der Waals surface area contributed by atoms with E-state index in [2.05, 4.69) is 0 Å². The van der Waals surface area contributed by atoms with Gasteiger partial charge in [0, 0.05) is 18.5 Å². The van der Waals surface area contributed by atoms with Gasteiger partial charge in [-0.2, -0.15) is 0 Å². The predicted molar refractivity (Wildman–Crippen MR) is 49.7 cm³/mol. The first-order valence-corrected chi connectivity index (χ1v) is 6.60. The summed E-state index contributed by atoms with van der Waals surface area (Å²) in [7, 11) is -1.14. The molecular weight excluding hydrogens is 186 g/mol. The van der Waals surface area contributed by atoms with Crippen molar-refractivity contribution in [2.75, 3.05) is 12.8 Å². The highest BCUT2D eigenvalue weighted by molar-refractivity contribution is 7.89. The Morgan fingerprint density at radius 3 is 2.85 bits per heavy atom. The zero-order valence-electron chi connectivity index (χ0n) is 7.86. The largest absolute Gasteiger partial charge is 0.214 e. The minimum absolute atomic E-state index is 0.165. The van der Waals surface area contributed by atoms with Crippen molar-refractivity contribution in [3.05, 3.63) is 0 Å². The molecule has 3 nitrogen and oxygen atoms in total. The van der Waals surface area contributed by atoms with Crippen LogP contribution in [-0.2, 0) is 10.0 Å². The fraction of sp³-hybridized carbons (Fsp3) is 1.00. The maximum Gasteiger partial charge on any atom is 0.214 e. The molecule has 0 radical (unpaired) electrons. The summed E-state index contributed by atoms with van der Waals surface area (Å²) in [5, 5.41) is 0. The van der Waals surface area contributed by atoms with Gasteiger partial charge >= 0.3 is 0 Å². The van der Waals surface area contributed by atoms with Crippen LogP contribution in [0.15, 0.2) is 0 Å². The average Bonchev–Trinajstić information content (AvgIpc) is 2.61. The molecule has 2 saturated carbocycles. The Labute approximate surface area is 79.2 Å². The molecule has 13 heavy (non-hydrogen) atoms. The van der Waals surface area contributed by atoms with Gasteiger partial charge in [-0.3, -0.25) is 0 Å². The Kier molecular flexibility index (Phi) is 1.34. The Morgan fingerprint density at radius 1 is 1.46 bits per heavy atom. The molecule has 3 aliphatic rings. The lowest BCUT2D eigenvalue weighted by molar-refractivity contribution is 0.216. The molecule has 0 aromatic heterocycles. The molecule has 4 heteroatoms. The summed E-state index contributed by atoms with van der Waals surface area (Å²) in [5.41, 5.74) is 0.165. The van der Waals surface area contributed by atoms with Gasteiger partial charge in [0.25, 0.3) is 0 Å². The Bertz CT molecular complexity index is 351. The maximum atomic E-state index is 11.7. The molecule has 0 aromatic rings. The van der Waals surface area contributed by atoms with Crippen LogP contribution < -0.4 is 0 Å². The SMILES string of the molecule is CN1C2CC3CCC2(C3)CS1(=O)=O. The van der Waals surface area contributed by atoms with Crippen LogP contribution in [0.1, 0.15) is 25.7 Å². The van der Waals surface area contributed by atoms with E-state index in [0.29, 0.717) is 11.8 Å². The lowest BCUT2D eigenvalue weighted by Crippen LogP contribution is -2.35. The highest BCUT2D eigenvalue weighted by Crippen LogP contribution is 2.59. The van der Waals surface area contributed by atoms with Crippen molar-refractivity contribution in [2.45, 2.75) is 31.7 Å². The van der Waals surface area contributed by atoms with Crippen molar-refractivity contribution in [3.63, 3.8) is 0 Å². The summed E-state index contributed by atoms with van der Waals surface area (Å²) in [6, 6.07) is 0.344. The van der Waals surface area contributed by atoms with Crippen molar-refractivity contribution < 1.29 is 8.42 Å². The van der Waals surface area contributed by atoms with E-state index in [4.69, 9.17) is 0 Å². The molecule has 2 aliphatic carbocycles. The number of nitrogens with zero attached hydrogens (tertiary/aromatic N) is 1. The Hall–Kier alpha value is -0.0900. The lowest BCUT2D eigenvalue weighted by Gasteiger charge is -2.28. The van der Waals surface area contributed by atoms with Crippen molar-refractivity contribution in [3.8, 4) is 0 Å². The van der Waals surface area contributed by atoms with Gasteiger partial charge in [0.05, 0.1) is 5.75 Å². The van der Waals surface area contributed by atoms with E-state index >= 15 is 0 Å². The van der Waals surface area contributed by atoms with E-state index in [1.807, 2.05) is 0 Å². The van der Waals surface area contributed by atoms with Crippen molar-refractivity contribution in [2.24, 2.45) is 11.3 Å². The van der Waals surface area contributed by atoms with Gasteiger partial charge in [0.2, 0.25) is 10.0 Å². The highest BCUT2D eigenvalue weighted by Gasteiger charge is 2.61. The van der Waals surface area contributed by atoms with E-state index in [0.717, 1.165) is 18.8 Å². The minimum Gasteiger partial charge on any atom is -0.212 e. The van der Waals surface area contributed by atoms with Crippen LogP contribution in [0, 0.1) is 11.3 Å². The monoisotopic (exact) mass is 201 g/mol. The Morgan fingerprint density at radius 2 is 2.23 bits per heavy atom. The smallest absolute Gasteiger partial charge is 0.212 e. The first-order valence-electron chi connectivity index (χ1n) is 4.99. The quantitative estimate of drug-likeness (QED) is 0.582. The molecule has 1 heterocycles. The fourth-order valence-corrected chi connectivity index (χ4v) is 5.84. The zero-order chi connectivity index (χ0) is 9.27. The molecule has 0 aromatic carbocycles. The maximum absolute atomic E-state index is 11.7. The predicted octanol–water partition coefficient (Wildman–Crippen LogP) is 0.820. The van der Waals surface area contributed by atoms with Crippen molar-refractivity contribution in [1.29, 1.82) is 0 Å². The third-order valence-corrected chi connectivity index (χ3v) is 6.43.